The summed E-state index contributed by atoms with van der Waals surface area (Å²) >= 11 is 0. The predicted molar refractivity (Wildman–Crippen MR) is 96.9 cm³/mol. The summed E-state index contributed by atoms with van der Waals surface area (Å²) in [5.41, 5.74) is 2.58. The van der Waals surface area contributed by atoms with Crippen LogP contribution in [0.4, 0.5) is 5.69 Å². The summed E-state index contributed by atoms with van der Waals surface area (Å²) in [6.45, 7) is 5.00. The highest BCUT2D eigenvalue weighted by molar-refractivity contribution is 5.95. The summed E-state index contributed by atoms with van der Waals surface area (Å²) < 4.78 is 3.83. The van der Waals surface area contributed by atoms with E-state index in [0.29, 0.717) is 13.1 Å². The van der Waals surface area contributed by atoms with Crippen LogP contribution in [0.15, 0.2) is 36.5 Å². The monoisotopic (exact) mass is 351 g/mol. The van der Waals surface area contributed by atoms with Gasteiger partial charge in [-0.1, -0.05) is 18.2 Å². The van der Waals surface area contributed by atoms with Gasteiger partial charge in [0.2, 0.25) is 5.91 Å². The van der Waals surface area contributed by atoms with Crippen molar-refractivity contribution in [1.29, 1.82) is 0 Å². The molecule has 134 valence electrons. The van der Waals surface area contributed by atoms with Crippen molar-refractivity contribution >= 4 is 11.6 Å². The van der Waals surface area contributed by atoms with Gasteiger partial charge >= 0.3 is 0 Å². The van der Waals surface area contributed by atoms with E-state index in [-0.39, 0.29) is 11.9 Å². The van der Waals surface area contributed by atoms with Crippen LogP contribution in [0.3, 0.4) is 0 Å². The second-order valence-electron chi connectivity index (χ2n) is 6.59. The SMILES string of the molecule is Cc1c(NC(=O)C2Cn3c(C)nnc3CN2C)cnn1-c1ccccc1. The summed E-state index contributed by atoms with van der Waals surface area (Å²) in [5, 5.41) is 15.7. The molecule has 1 aliphatic rings. The second-order valence-corrected chi connectivity index (χ2v) is 6.59. The molecular formula is C18H21N7O. The zero-order chi connectivity index (χ0) is 18.3. The highest BCUT2D eigenvalue weighted by Gasteiger charge is 2.31. The molecule has 0 bridgehead atoms. The second kappa shape index (κ2) is 6.38. The molecule has 3 heterocycles. The van der Waals surface area contributed by atoms with E-state index in [2.05, 4.69) is 20.6 Å². The van der Waals surface area contributed by atoms with Crippen LogP contribution in [0, 0.1) is 13.8 Å². The number of carbonyl (C=O) groups excluding carboxylic acids is 1. The number of fused-ring (bicyclic) bond motifs is 1. The summed E-state index contributed by atoms with van der Waals surface area (Å²) in [7, 11) is 1.93. The lowest BCUT2D eigenvalue weighted by molar-refractivity contribution is -0.122. The van der Waals surface area contributed by atoms with Crippen molar-refractivity contribution < 1.29 is 4.79 Å². The number of para-hydroxylation sites is 1. The number of likely N-dealkylation sites (N-methyl/N-ethyl adjacent to an activating group) is 1. The number of anilines is 1. The van der Waals surface area contributed by atoms with Crippen LogP contribution in [0.25, 0.3) is 5.69 Å². The number of nitrogens with zero attached hydrogens (tertiary/aromatic N) is 6. The lowest BCUT2D eigenvalue weighted by atomic mass is 10.2. The van der Waals surface area contributed by atoms with Crippen LogP contribution in [0.2, 0.25) is 0 Å². The van der Waals surface area contributed by atoms with Crippen molar-refractivity contribution in [1.82, 2.24) is 29.4 Å². The fourth-order valence-corrected chi connectivity index (χ4v) is 3.29. The van der Waals surface area contributed by atoms with Crippen molar-refractivity contribution in [2.75, 3.05) is 12.4 Å². The Balaban J connectivity index is 1.54. The minimum Gasteiger partial charge on any atom is -0.322 e. The smallest absolute Gasteiger partial charge is 0.243 e. The molecule has 1 amide bonds. The van der Waals surface area contributed by atoms with E-state index in [1.807, 2.05) is 65.4 Å². The number of aryl methyl sites for hydroxylation is 1. The number of carbonyl (C=O) groups is 1. The van der Waals surface area contributed by atoms with Crippen molar-refractivity contribution in [3.63, 3.8) is 0 Å². The Bertz CT molecular complexity index is 944. The number of aromatic nitrogens is 5. The fourth-order valence-electron chi connectivity index (χ4n) is 3.29. The molecule has 0 radical (unpaired) electrons. The molecule has 3 aromatic rings. The van der Waals surface area contributed by atoms with Gasteiger partial charge in [-0.25, -0.2) is 4.68 Å². The Labute approximate surface area is 151 Å². The van der Waals surface area contributed by atoms with E-state index >= 15 is 0 Å². The van der Waals surface area contributed by atoms with Gasteiger partial charge in [-0.2, -0.15) is 5.10 Å². The van der Waals surface area contributed by atoms with Gasteiger partial charge in [-0.3, -0.25) is 9.69 Å². The van der Waals surface area contributed by atoms with Gasteiger partial charge in [0.1, 0.15) is 17.7 Å². The van der Waals surface area contributed by atoms with Crippen LogP contribution in [0.5, 0.6) is 0 Å². The van der Waals surface area contributed by atoms with E-state index < -0.39 is 0 Å². The number of hydrogen-bond donors (Lipinski definition) is 1. The van der Waals surface area contributed by atoms with Crippen LogP contribution < -0.4 is 5.32 Å². The minimum atomic E-state index is -0.281. The molecule has 1 aromatic carbocycles. The summed E-state index contributed by atoms with van der Waals surface area (Å²) in [6.07, 6.45) is 1.69. The molecular weight excluding hydrogens is 330 g/mol. The number of rotatable bonds is 3. The maximum absolute atomic E-state index is 12.9. The van der Waals surface area contributed by atoms with Crippen molar-refractivity contribution in [3.8, 4) is 5.69 Å². The lowest BCUT2D eigenvalue weighted by Crippen LogP contribution is -2.48. The molecule has 1 aliphatic heterocycles. The van der Waals surface area contributed by atoms with E-state index in [4.69, 9.17) is 0 Å². The van der Waals surface area contributed by atoms with E-state index in [0.717, 1.165) is 28.7 Å². The summed E-state index contributed by atoms with van der Waals surface area (Å²) in [4.78, 5) is 14.9. The van der Waals surface area contributed by atoms with Crippen LogP contribution in [-0.4, -0.2) is 48.4 Å². The Morgan fingerprint density at radius 2 is 1.96 bits per heavy atom. The Morgan fingerprint density at radius 3 is 2.73 bits per heavy atom. The van der Waals surface area contributed by atoms with E-state index in [1.54, 1.807) is 6.20 Å². The molecule has 1 unspecified atom stereocenters. The average molecular weight is 351 g/mol. The van der Waals surface area contributed by atoms with E-state index in [1.165, 1.54) is 0 Å². The Kier molecular flexibility index (Phi) is 4.04. The highest BCUT2D eigenvalue weighted by Crippen LogP contribution is 2.21. The van der Waals surface area contributed by atoms with Crippen molar-refractivity contribution in [3.05, 3.63) is 53.9 Å². The van der Waals surface area contributed by atoms with Crippen LogP contribution >= 0.6 is 0 Å². The third-order valence-electron chi connectivity index (χ3n) is 4.86. The van der Waals surface area contributed by atoms with Gasteiger partial charge in [-0.15, -0.1) is 10.2 Å². The standard InChI is InChI=1S/C18H21N7O/c1-12-15(9-19-25(12)14-7-5-4-6-8-14)20-18(26)16-10-24-13(2)21-22-17(24)11-23(16)3/h4-9,16H,10-11H2,1-3H3,(H,20,26). The molecule has 0 aliphatic carbocycles. The molecule has 0 fully saturated rings. The van der Waals surface area contributed by atoms with Crippen molar-refractivity contribution in [2.24, 2.45) is 0 Å². The molecule has 0 spiro atoms. The van der Waals surface area contributed by atoms with Gasteiger partial charge in [0.15, 0.2) is 0 Å². The van der Waals surface area contributed by atoms with Gasteiger partial charge in [0, 0.05) is 0 Å². The third-order valence-corrected chi connectivity index (χ3v) is 4.86. The topological polar surface area (TPSA) is 80.9 Å². The third kappa shape index (κ3) is 2.78. The zero-order valence-electron chi connectivity index (χ0n) is 15.0. The minimum absolute atomic E-state index is 0.0537. The quantitative estimate of drug-likeness (QED) is 0.774. The molecule has 26 heavy (non-hydrogen) atoms. The number of nitrogens with one attached hydrogen (secondary N) is 1. The van der Waals surface area contributed by atoms with Gasteiger partial charge < -0.3 is 9.88 Å². The molecule has 1 atom stereocenters. The maximum atomic E-state index is 12.9. The first-order valence-electron chi connectivity index (χ1n) is 8.54. The largest absolute Gasteiger partial charge is 0.322 e. The highest BCUT2D eigenvalue weighted by atomic mass is 16.2. The molecule has 0 saturated heterocycles. The molecule has 2 aromatic heterocycles. The Hall–Kier alpha value is -3.00. The van der Waals surface area contributed by atoms with Crippen LogP contribution in [-0.2, 0) is 17.9 Å². The number of benzene rings is 1. The average Bonchev–Trinajstić information content (AvgIpc) is 3.18. The van der Waals surface area contributed by atoms with E-state index in [9.17, 15) is 4.79 Å². The predicted octanol–water partition coefficient (Wildman–Crippen LogP) is 1.53. The first-order chi connectivity index (χ1) is 12.5. The van der Waals surface area contributed by atoms with Crippen molar-refractivity contribution in [2.45, 2.75) is 33.0 Å². The number of hydrogen-bond acceptors (Lipinski definition) is 5. The molecule has 4 rings (SSSR count). The first-order valence-corrected chi connectivity index (χ1v) is 8.54. The maximum Gasteiger partial charge on any atom is 0.243 e. The molecule has 1 N–H and O–H groups in total. The van der Waals surface area contributed by atoms with Crippen LogP contribution in [0.1, 0.15) is 17.3 Å². The lowest BCUT2D eigenvalue weighted by Gasteiger charge is -2.32. The molecule has 8 heteroatoms. The normalized spacial score (nSPS) is 17.1. The van der Waals surface area contributed by atoms with Gasteiger partial charge in [0.25, 0.3) is 0 Å². The fraction of sp³-hybridized carbons (Fsp3) is 0.333. The molecule has 8 nitrogen and oxygen atoms in total. The molecule has 0 saturated carbocycles. The summed E-state index contributed by atoms with van der Waals surface area (Å²) in [6, 6.07) is 9.57. The summed E-state index contributed by atoms with van der Waals surface area (Å²) in [5.74, 6) is 1.67. The number of amides is 1. The Morgan fingerprint density at radius 1 is 1.19 bits per heavy atom. The zero-order valence-corrected chi connectivity index (χ0v) is 15.0. The van der Waals surface area contributed by atoms with Gasteiger partial charge in [-0.05, 0) is 33.0 Å². The first kappa shape index (κ1) is 16.5. The van der Waals surface area contributed by atoms with Gasteiger partial charge in [0.05, 0.1) is 36.4 Å².